The van der Waals surface area contributed by atoms with E-state index in [1.165, 1.54) is 6.07 Å². The summed E-state index contributed by atoms with van der Waals surface area (Å²) in [4.78, 5) is 0. The predicted octanol–water partition coefficient (Wildman–Crippen LogP) is 1.96. The lowest BCUT2D eigenvalue weighted by Gasteiger charge is -2.12. The van der Waals surface area contributed by atoms with Crippen molar-refractivity contribution in [2.24, 2.45) is 0 Å². The van der Waals surface area contributed by atoms with Crippen molar-refractivity contribution < 1.29 is 13.2 Å². The van der Waals surface area contributed by atoms with Crippen molar-refractivity contribution in [2.45, 2.75) is 12.7 Å². The number of alkyl halides is 3. The summed E-state index contributed by atoms with van der Waals surface area (Å²) >= 11 is 0. The van der Waals surface area contributed by atoms with E-state index in [1.807, 2.05) is 0 Å². The summed E-state index contributed by atoms with van der Waals surface area (Å²) in [6.45, 7) is -0.525. The minimum absolute atomic E-state index is 0.414. The van der Waals surface area contributed by atoms with E-state index in [9.17, 15) is 13.2 Å². The van der Waals surface area contributed by atoms with E-state index in [-0.39, 0.29) is 0 Å². The van der Waals surface area contributed by atoms with Crippen LogP contribution in [0.1, 0.15) is 5.56 Å². The third-order valence-corrected chi connectivity index (χ3v) is 2.00. The first-order chi connectivity index (χ1) is 7.42. The number of benzene rings is 1. The molecule has 1 rings (SSSR count). The number of halogens is 3. The van der Waals surface area contributed by atoms with E-state index in [0.717, 1.165) is 5.56 Å². The van der Waals surface area contributed by atoms with Crippen LogP contribution in [0.5, 0.6) is 0 Å². The second-order valence-electron chi connectivity index (χ2n) is 3.41. The number of hydrogen-bond donors (Lipinski definition) is 3. The maximum atomic E-state index is 12.0. The van der Waals surface area contributed by atoms with Crippen molar-refractivity contribution in [1.29, 1.82) is 0 Å². The van der Waals surface area contributed by atoms with E-state index in [1.54, 1.807) is 19.2 Å². The highest BCUT2D eigenvalue weighted by Gasteiger charge is 2.26. The Balaban J connectivity index is 2.71. The van der Waals surface area contributed by atoms with Crippen molar-refractivity contribution in [3.05, 3.63) is 23.8 Å². The molecule has 0 bridgehead atoms. The van der Waals surface area contributed by atoms with E-state index in [0.29, 0.717) is 17.9 Å². The molecule has 0 aliphatic heterocycles. The fraction of sp³-hybridized carbons (Fsp3) is 0.400. The molecule has 0 fully saturated rings. The van der Waals surface area contributed by atoms with E-state index in [4.69, 9.17) is 5.73 Å². The van der Waals surface area contributed by atoms with Gasteiger partial charge in [0.1, 0.15) is 6.54 Å². The zero-order chi connectivity index (χ0) is 12.2. The number of hydrogen-bond acceptors (Lipinski definition) is 3. The highest BCUT2D eigenvalue weighted by atomic mass is 19.4. The first kappa shape index (κ1) is 12.6. The van der Waals surface area contributed by atoms with Crippen LogP contribution < -0.4 is 16.4 Å². The SMILES string of the molecule is CNCc1cc(NCC(F)(F)F)ccc1N. The summed E-state index contributed by atoms with van der Waals surface area (Å²) in [7, 11) is 1.75. The second kappa shape index (κ2) is 5.07. The molecule has 0 spiro atoms. The van der Waals surface area contributed by atoms with E-state index in [2.05, 4.69) is 10.6 Å². The van der Waals surface area contributed by atoms with Crippen molar-refractivity contribution in [3.8, 4) is 0 Å². The largest absolute Gasteiger partial charge is 0.405 e. The Kier molecular flexibility index (Phi) is 4.00. The Hall–Kier alpha value is -1.43. The van der Waals surface area contributed by atoms with Crippen LogP contribution in [0.25, 0.3) is 0 Å². The van der Waals surface area contributed by atoms with Gasteiger partial charge in [0.2, 0.25) is 0 Å². The summed E-state index contributed by atoms with van der Waals surface area (Å²) in [6.07, 6.45) is -4.22. The van der Waals surface area contributed by atoms with Crippen LogP contribution in [0.2, 0.25) is 0 Å². The third-order valence-electron chi connectivity index (χ3n) is 2.00. The van der Waals surface area contributed by atoms with E-state index >= 15 is 0 Å². The van der Waals surface area contributed by atoms with Gasteiger partial charge in [-0.3, -0.25) is 0 Å². The summed E-state index contributed by atoms with van der Waals surface area (Å²) < 4.78 is 35.9. The molecule has 1 aromatic rings. The molecular formula is C10H14F3N3. The lowest BCUT2D eigenvalue weighted by molar-refractivity contribution is -0.115. The minimum Gasteiger partial charge on any atom is -0.398 e. The Morgan fingerprint density at radius 1 is 1.31 bits per heavy atom. The average molecular weight is 233 g/mol. The molecule has 0 radical (unpaired) electrons. The molecule has 3 nitrogen and oxygen atoms in total. The van der Waals surface area contributed by atoms with Gasteiger partial charge >= 0.3 is 6.18 Å². The van der Waals surface area contributed by atoms with Gasteiger partial charge in [0, 0.05) is 17.9 Å². The Labute approximate surface area is 91.8 Å². The standard InChI is InChI=1S/C10H14F3N3/c1-15-5-7-4-8(2-3-9(7)14)16-6-10(11,12)13/h2-4,15-16H,5-6,14H2,1H3. The maximum absolute atomic E-state index is 12.0. The molecule has 0 aliphatic rings. The zero-order valence-corrected chi connectivity index (χ0v) is 8.86. The van der Waals surface area contributed by atoms with Gasteiger partial charge in [-0.25, -0.2) is 0 Å². The topological polar surface area (TPSA) is 50.1 Å². The van der Waals surface area contributed by atoms with Gasteiger partial charge in [0.25, 0.3) is 0 Å². The fourth-order valence-electron chi connectivity index (χ4n) is 1.26. The van der Waals surface area contributed by atoms with Gasteiger partial charge in [-0.2, -0.15) is 13.2 Å². The first-order valence-electron chi connectivity index (χ1n) is 4.76. The van der Waals surface area contributed by atoms with Crippen LogP contribution in [0.4, 0.5) is 24.5 Å². The number of nitrogens with two attached hydrogens (primary N) is 1. The van der Waals surface area contributed by atoms with Crippen molar-refractivity contribution in [2.75, 3.05) is 24.6 Å². The van der Waals surface area contributed by atoms with Crippen LogP contribution in [-0.2, 0) is 6.54 Å². The van der Waals surface area contributed by atoms with Crippen molar-refractivity contribution in [1.82, 2.24) is 5.32 Å². The molecule has 16 heavy (non-hydrogen) atoms. The molecule has 1 aromatic carbocycles. The van der Waals surface area contributed by atoms with Crippen molar-refractivity contribution >= 4 is 11.4 Å². The minimum atomic E-state index is -4.22. The first-order valence-corrected chi connectivity index (χ1v) is 4.76. The molecule has 90 valence electrons. The van der Waals surface area contributed by atoms with Gasteiger partial charge in [-0.05, 0) is 30.8 Å². The molecule has 6 heteroatoms. The van der Waals surface area contributed by atoms with Gasteiger partial charge in [-0.1, -0.05) is 0 Å². The van der Waals surface area contributed by atoms with Crippen molar-refractivity contribution in [3.63, 3.8) is 0 Å². The molecule has 0 amide bonds. The van der Waals surface area contributed by atoms with Crippen LogP contribution in [0, 0.1) is 0 Å². The summed E-state index contributed by atoms with van der Waals surface area (Å²) in [5.74, 6) is 0. The molecule has 0 saturated heterocycles. The molecule has 0 saturated carbocycles. The molecular weight excluding hydrogens is 219 g/mol. The Morgan fingerprint density at radius 2 is 2.00 bits per heavy atom. The normalized spacial score (nSPS) is 11.5. The monoisotopic (exact) mass is 233 g/mol. The molecule has 4 N–H and O–H groups in total. The number of nitrogens with one attached hydrogen (secondary N) is 2. The lowest BCUT2D eigenvalue weighted by Crippen LogP contribution is -2.21. The maximum Gasteiger partial charge on any atom is 0.405 e. The summed E-state index contributed by atoms with van der Waals surface area (Å²) in [5.41, 5.74) is 7.42. The Morgan fingerprint density at radius 3 is 2.56 bits per heavy atom. The third kappa shape index (κ3) is 3.98. The quantitative estimate of drug-likeness (QED) is 0.697. The van der Waals surface area contributed by atoms with Crippen LogP contribution >= 0.6 is 0 Å². The number of rotatable bonds is 4. The Bertz CT molecular complexity index is 350. The van der Waals surface area contributed by atoms with Crippen LogP contribution in [0.3, 0.4) is 0 Å². The molecule has 0 aliphatic carbocycles. The van der Waals surface area contributed by atoms with Gasteiger partial charge in [-0.15, -0.1) is 0 Å². The molecule has 0 heterocycles. The zero-order valence-electron chi connectivity index (χ0n) is 8.86. The molecule has 0 unspecified atom stereocenters. The second-order valence-corrected chi connectivity index (χ2v) is 3.41. The smallest absolute Gasteiger partial charge is 0.398 e. The number of anilines is 2. The molecule has 0 aromatic heterocycles. The van der Waals surface area contributed by atoms with Gasteiger partial charge in [0.15, 0.2) is 0 Å². The van der Waals surface area contributed by atoms with Gasteiger partial charge in [0.05, 0.1) is 0 Å². The lowest BCUT2D eigenvalue weighted by atomic mass is 10.1. The molecule has 0 atom stereocenters. The highest BCUT2D eigenvalue weighted by molar-refractivity contribution is 5.57. The average Bonchev–Trinajstić information content (AvgIpc) is 2.18. The van der Waals surface area contributed by atoms with Gasteiger partial charge < -0.3 is 16.4 Å². The van der Waals surface area contributed by atoms with Crippen LogP contribution in [-0.4, -0.2) is 19.8 Å². The highest BCUT2D eigenvalue weighted by Crippen LogP contribution is 2.20. The van der Waals surface area contributed by atoms with E-state index < -0.39 is 12.7 Å². The number of nitrogen functional groups attached to an aromatic ring is 1. The van der Waals surface area contributed by atoms with Crippen LogP contribution in [0.15, 0.2) is 18.2 Å². The summed E-state index contributed by atoms with van der Waals surface area (Å²) in [5, 5.41) is 5.20. The summed E-state index contributed by atoms with van der Waals surface area (Å²) in [6, 6.07) is 4.73. The predicted molar refractivity (Wildman–Crippen MR) is 58.2 cm³/mol. The fourth-order valence-corrected chi connectivity index (χ4v) is 1.26.